The van der Waals surface area contributed by atoms with Gasteiger partial charge in [0.1, 0.15) is 6.04 Å². The molecule has 1 aliphatic rings. The van der Waals surface area contributed by atoms with Crippen LogP contribution in [0.2, 0.25) is 0 Å². The molecule has 5 heteroatoms. The van der Waals surface area contributed by atoms with Gasteiger partial charge in [0, 0.05) is 0 Å². The summed E-state index contributed by atoms with van der Waals surface area (Å²) in [5, 5.41) is 4.98. The zero-order valence-corrected chi connectivity index (χ0v) is 13.2. The average molecular weight is 314 g/mol. The van der Waals surface area contributed by atoms with Gasteiger partial charge in [0.25, 0.3) is 5.91 Å². The molecule has 0 bridgehead atoms. The highest BCUT2D eigenvalue weighted by Gasteiger charge is 2.37. The monoisotopic (exact) mass is 314 g/mol. The zero-order valence-electron chi connectivity index (χ0n) is 12.4. The van der Waals surface area contributed by atoms with Crippen LogP contribution >= 0.6 is 11.8 Å². The molecule has 1 atom stereocenters. The third-order valence-corrected chi connectivity index (χ3v) is 4.57. The highest BCUT2D eigenvalue weighted by molar-refractivity contribution is 7.98. The van der Waals surface area contributed by atoms with Gasteiger partial charge >= 0.3 is 6.03 Å². The lowest BCUT2D eigenvalue weighted by molar-refractivity contribution is -0.127. The predicted molar refractivity (Wildman–Crippen MR) is 89.8 cm³/mol. The Kier molecular flexibility index (Phi) is 4.34. The topological polar surface area (TPSA) is 49.4 Å². The zero-order chi connectivity index (χ0) is 15.5. The fourth-order valence-corrected chi connectivity index (χ4v) is 3.23. The number of rotatable bonds is 5. The van der Waals surface area contributed by atoms with Crippen LogP contribution in [0.1, 0.15) is 12.0 Å². The first-order valence-electron chi connectivity index (χ1n) is 7.28. The molecule has 3 amide bonds. The van der Waals surface area contributed by atoms with Gasteiger partial charge in [-0.15, -0.1) is 0 Å². The molecule has 1 saturated heterocycles. The molecule has 0 radical (unpaired) electrons. The number of amides is 3. The molecule has 2 aromatic carbocycles. The minimum absolute atomic E-state index is 0.119. The van der Waals surface area contributed by atoms with Crippen LogP contribution in [0.15, 0.2) is 42.5 Å². The van der Waals surface area contributed by atoms with Gasteiger partial charge in [-0.2, -0.15) is 11.8 Å². The van der Waals surface area contributed by atoms with E-state index in [0.29, 0.717) is 13.0 Å². The second kappa shape index (κ2) is 6.40. The van der Waals surface area contributed by atoms with Crippen molar-refractivity contribution in [3.63, 3.8) is 0 Å². The lowest BCUT2D eigenvalue weighted by Crippen LogP contribution is -2.31. The molecule has 0 spiro atoms. The van der Waals surface area contributed by atoms with E-state index in [9.17, 15) is 9.59 Å². The number of hydrogen-bond donors (Lipinski definition) is 1. The molecule has 1 fully saturated rings. The number of urea groups is 1. The summed E-state index contributed by atoms with van der Waals surface area (Å²) in [5.74, 6) is 0.741. The second-order valence-corrected chi connectivity index (χ2v) is 6.33. The molecule has 22 heavy (non-hydrogen) atoms. The van der Waals surface area contributed by atoms with Gasteiger partial charge < -0.3 is 5.32 Å². The maximum Gasteiger partial charge on any atom is 0.325 e. The molecule has 0 aliphatic carbocycles. The van der Waals surface area contributed by atoms with Crippen molar-refractivity contribution in [3.8, 4) is 0 Å². The number of benzene rings is 2. The summed E-state index contributed by atoms with van der Waals surface area (Å²) in [6, 6.07) is 13.3. The molecule has 1 N–H and O–H groups in total. The molecule has 0 saturated carbocycles. The first-order chi connectivity index (χ1) is 10.7. The van der Waals surface area contributed by atoms with E-state index in [1.165, 1.54) is 4.90 Å². The maximum atomic E-state index is 12.4. The Balaban J connectivity index is 1.83. The van der Waals surface area contributed by atoms with E-state index in [2.05, 4.69) is 5.32 Å². The minimum Gasteiger partial charge on any atom is -0.326 e. The van der Waals surface area contributed by atoms with Gasteiger partial charge in [0.05, 0.1) is 6.54 Å². The lowest BCUT2D eigenvalue weighted by atomic mass is 10.0. The molecule has 0 aromatic heterocycles. The van der Waals surface area contributed by atoms with Gasteiger partial charge in [-0.25, -0.2) is 4.79 Å². The van der Waals surface area contributed by atoms with E-state index in [-0.39, 0.29) is 18.0 Å². The summed E-state index contributed by atoms with van der Waals surface area (Å²) in [6.07, 6.45) is 2.67. The van der Waals surface area contributed by atoms with Crippen molar-refractivity contribution in [1.29, 1.82) is 0 Å². The maximum absolute atomic E-state index is 12.4. The first-order valence-corrected chi connectivity index (χ1v) is 8.67. The Hall–Kier alpha value is -2.01. The lowest BCUT2D eigenvalue weighted by Gasteiger charge is -2.14. The molecule has 4 nitrogen and oxygen atoms in total. The number of carbonyl (C=O) groups is 2. The molecule has 1 unspecified atom stereocenters. The Morgan fingerprint density at radius 1 is 1.14 bits per heavy atom. The predicted octanol–water partition coefficient (Wildman–Crippen LogP) is 3.01. The Bertz CT molecular complexity index is 711. The van der Waals surface area contributed by atoms with Crippen LogP contribution in [0.5, 0.6) is 0 Å². The highest BCUT2D eigenvalue weighted by atomic mass is 32.2. The summed E-state index contributed by atoms with van der Waals surface area (Å²) in [5.41, 5.74) is 0.993. The van der Waals surface area contributed by atoms with E-state index >= 15 is 0 Å². The minimum atomic E-state index is -0.380. The van der Waals surface area contributed by atoms with Crippen molar-refractivity contribution in [2.45, 2.75) is 19.0 Å². The van der Waals surface area contributed by atoms with Gasteiger partial charge in [-0.3, -0.25) is 9.69 Å². The number of thioether (sulfide) groups is 1. The van der Waals surface area contributed by atoms with E-state index in [4.69, 9.17) is 0 Å². The SMILES string of the molecule is CSCCC1NC(=O)N(Cc2cccc3ccccc23)C1=O. The number of imide groups is 1. The molecular weight excluding hydrogens is 296 g/mol. The van der Waals surface area contributed by atoms with Gasteiger partial charge in [0.15, 0.2) is 0 Å². The number of nitrogens with one attached hydrogen (secondary N) is 1. The van der Waals surface area contributed by atoms with Gasteiger partial charge in [0.2, 0.25) is 0 Å². The Labute approximate surface area is 133 Å². The van der Waals surface area contributed by atoms with Crippen LogP contribution in [0.4, 0.5) is 4.79 Å². The first kappa shape index (κ1) is 14.9. The van der Waals surface area contributed by atoms with Crippen LogP contribution in [-0.2, 0) is 11.3 Å². The van der Waals surface area contributed by atoms with Crippen molar-refractivity contribution < 1.29 is 9.59 Å². The van der Waals surface area contributed by atoms with Crippen LogP contribution in [0, 0.1) is 0 Å². The third-order valence-electron chi connectivity index (χ3n) is 3.93. The van der Waals surface area contributed by atoms with Crippen LogP contribution in [0.25, 0.3) is 10.8 Å². The summed E-state index contributed by atoms with van der Waals surface area (Å²) in [4.78, 5) is 25.8. The standard InChI is InChI=1S/C17H18N2O2S/c1-22-10-9-15-16(20)19(17(21)18-15)11-13-7-4-6-12-5-2-3-8-14(12)13/h2-8,15H,9-11H2,1H3,(H,18,21). The van der Waals surface area contributed by atoms with Crippen molar-refractivity contribution in [1.82, 2.24) is 10.2 Å². The van der Waals surface area contributed by atoms with Crippen molar-refractivity contribution in [2.24, 2.45) is 0 Å². The molecular formula is C17H18N2O2S. The molecule has 1 aliphatic heterocycles. The number of fused-ring (bicyclic) bond motifs is 1. The van der Waals surface area contributed by atoms with E-state index < -0.39 is 0 Å². The molecule has 3 rings (SSSR count). The number of carbonyl (C=O) groups excluding carboxylic acids is 2. The second-order valence-electron chi connectivity index (χ2n) is 5.35. The quantitative estimate of drug-likeness (QED) is 0.863. The largest absolute Gasteiger partial charge is 0.326 e. The van der Waals surface area contributed by atoms with E-state index in [1.807, 2.05) is 48.7 Å². The average Bonchev–Trinajstić information content (AvgIpc) is 2.81. The Morgan fingerprint density at radius 2 is 1.91 bits per heavy atom. The smallest absolute Gasteiger partial charge is 0.325 e. The molecule has 1 heterocycles. The molecule has 114 valence electrons. The Morgan fingerprint density at radius 3 is 2.73 bits per heavy atom. The molecule has 2 aromatic rings. The summed E-state index contributed by atoms with van der Waals surface area (Å²) >= 11 is 1.68. The van der Waals surface area contributed by atoms with E-state index in [1.54, 1.807) is 11.8 Å². The van der Waals surface area contributed by atoms with Crippen LogP contribution < -0.4 is 5.32 Å². The van der Waals surface area contributed by atoms with E-state index in [0.717, 1.165) is 22.1 Å². The summed E-state index contributed by atoms with van der Waals surface area (Å²) < 4.78 is 0. The fourth-order valence-electron chi connectivity index (χ4n) is 2.76. The summed E-state index contributed by atoms with van der Waals surface area (Å²) in [7, 11) is 0. The van der Waals surface area contributed by atoms with Gasteiger partial charge in [-0.1, -0.05) is 42.5 Å². The highest BCUT2D eigenvalue weighted by Crippen LogP contribution is 2.22. The van der Waals surface area contributed by atoms with Crippen molar-refractivity contribution in [2.75, 3.05) is 12.0 Å². The van der Waals surface area contributed by atoms with Gasteiger partial charge in [-0.05, 0) is 34.8 Å². The van der Waals surface area contributed by atoms with Crippen molar-refractivity contribution in [3.05, 3.63) is 48.0 Å². The summed E-state index contributed by atoms with van der Waals surface area (Å²) in [6.45, 7) is 0.321. The third kappa shape index (κ3) is 2.81. The van der Waals surface area contributed by atoms with Crippen LogP contribution in [-0.4, -0.2) is 34.9 Å². The number of nitrogens with zero attached hydrogens (tertiary/aromatic N) is 1. The van der Waals surface area contributed by atoms with Crippen molar-refractivity contribution >= 4 is 34.5 Å². The normalized spacial score (nSPS) is 18.0. The van der Waals surface area contributed by atoms with Crippen LogP contribution in [0.3, 0.4) is 0 Å². The fraction of sp³-hybridized carbons (Fsp3) is 0.294. The number of hydrogen-bond acceptors (Lipinski definition) is 3.